The van der Waals surface area contributed by atoms with Crippen LogP contribution in [0.25, 0.3) is 0 Å². The molecule has 0 unspecified atom stereocenters. The van der Waals surface area contributed by atoms with Gasteiger partial charge in [0.05, 0.1) is 20.7 Å². The molecule has 0 amide bonds. The molecule has 0 radical (unpaired) electrons. The Hall–Kier alpha value is -0.260. The summed E-state index contributed by atoms with van der Waals surface area (Å²) in [4.78, 5) is 54.8. The summed E-state index contributed by atoms with van der Waals surface area (Å²) in [5, 5.41) is 33.8. The van der Waals surface area contributed by atoms with Crippen LogP contribution >= 0.6 is 7.82 Å². The van der Waals surface area contributed by atoms with Gasteiger partial charge in [0.25, 0.3) is 0 Å². The Morgan fingerprint density at radius 2 is 1.21 bits per heavy atom. The van der Waals surface area contributed by atoms with Crippen LogP contribution in [0, 0.1) is 0 Å². The van der Waals surface area contributed by atoms with Crippen molar-refractivity contribution in [3.63, 3.8) is 0 Å². The molecule has 106 valence electrons. The number of phosphoric acid groups is 1. The van der Waals surface area contributed by atoms with E-state index in [-0.39, 0.29) is 37.7 Å². The van der Waals surface area contributed by atoms with Crippen LogP contribution in [-0.2, 0) is 18.9 Å². The summed E-state index contributed by atoms with van der Waals surface area (Å²) < 4.78 is 8.66. The van der Waals surface area contributed by atoms with Crippen LogP contribution in [-0.4, -0.2) is 86.6 Å². The number of aliphatic carboxylic acids is 3. The SMILES string of the molecule is O=C(O)CC(O)(CC(=O)O)C(=O)O.O=P([O-])([O-])O.[Ca+2]. The fourth-order valence-corrected chi connectivity index (χ4v) is 0.714. The third-order valence-corrected chi connectivity index (χ3v) is 1.29. The Balaban J connectivity index is -0.000000366. The fraction of sp³-hybridized carbons (Fsp3) is 0.500. The van der Waals surface area contributed by atoms with Crippen molar-refractivity contribution >= 4 is 63.5 Å². The van der Waals surface area contributed by atoms with Crippen LogP contribution in [0.5, 0.6) is 0 Å². The van der Waals surface area contributed by atoms with E-state index in [1.165, 1.54) is 0 Å². The van der Waals surface area contributed by atoms with Crippen molar-refractivity contribution < 1.29 is 54.1 Å². The molecule has 0 aliphatic heterocycles. The van der Waals surface area contributed by atoms with Crippen molar-refractivity contribution in [1.29, 1.82) is 0 Å². The van der Waals surface area contributed by atoms with E-state index >= 15 is 0 Å². The number of rotatable bonds is 5. The summed E-state index contributed by atoms with van der Waals surface area (Å²) >= 11 is 0. The monoisotopic (exact) mass is 328 g/mol. The van der Waals surface area contributed by atoms with Crippen molar-refractivity contribution in [2.24, 2.45) is 0 Å². The van der Waals surface area contributed by atoms with Crippen molar-refractivity contribution in [1.82, 2.24) is 0 Å². The first kappa shape index (κ1) is 23.8. The second kappa shape index (κ2) is 9.61. The maximum Gasteiger partial charge on any atom is 2.00 e. The number of carboxylic acids is 3. The quantitative estimate of drug-likeness (QED) is 0.243. The predicted molar refractivity (Wildman–Crippen MR) is 52.7 cm³/mol. The maximum absolute atomic E-state index is 10.3. The minimum absolute atomic E-state index is 0. The molecular weight excluding hydrogens is 319 g/mol. The molecule has 0 fully saturated rings. The third-order valence-electron chi connectivity index (χ3n) is 1.29. The Morgan fingerprint density at radius 3 is 1.32 bits per heavy atom. The average Bonchev–Trinajstić information content (AvgIpc) is 1.95. The van der Waals surface area contributed by atoms with E-state index in [2.05, 4.69) is 0 Å². The van der Waals surface area contributed by atoms with Gasteiger partial charge in [-0.3, -0.25) is 9.59 Å². The number of hydrogen-bond donors (Lipinski definition) is 5. The predicted octanol–water partition coefficient (Wildman–Crippen LogP) is -3.82. The first-order chi connectivity index (χ1) is 7.78. The number of carboxylic acid groups (broad SMARTS) is 3. The van der Waals surface area contributed by atoms with E-state index in [0.29, 0.717) is 0 Å². The van der Waals surface area contributed by atoms with Crippen LogP contribution in [0.15, 0.2) is 0 Å². The van der Waals surface area contributed by atoms with Gasteiger partial charge < -0.3 is 39.7 Å². The molecule has 0 spiro atoms. The minimum Gasteiger partial charge on any atom is -0.790 e. The fourth-order valence-electron chi connectivity index (χ4n) is 0.714. The maximum atomic E-state index is 10.3. The molecule has 0 aromatic heterocycles. The summed E-state index contributed by atoms with van der Waals surface area (Å²) in [6.45, 7) is 0. The zero-order valence-corrected chi connectivity index (χ0v) is 12.4. The van der Waals surface area contributed by atoms with Crippen molar-refractivity contribution in [3.05, 3.63) is 0 Å². The van der Waals surface area contributed by atoms with Gasteiger partial charge in [0.15, 0.2) is 5.60 Å². The van der Waals surface area contributed by atoms with Gasteiger partial charge in [0.1, 0.15) is 0 Å². The molecule has 0 aromatic carbocycles. The van der Waals surface area contributed by atoms with E-state index in [9.17, 15) is 14.4 Å². The Morgan fingerprint density at radius 1 is 1.00 bits per heavy atom. The molecular formula is C6H9CaO11P. The standard InChI is InChI=1S/C6H8O7.Ca.H3O4P/c7-3(8)1-6(13,5(11)12)2-4(9)10;;1-5(2,3)4/h13H,1-2H2,(H,7,8)(H,9,10)(H,11,12);;(H3,1,2,3,4)/q;+2;/p-2. The summed E-state index contributed by atoms with van der Waals surface area (Å²) in [5.74, 6) is -5.02. The van der Waals surface area contributed by atoms with Crippen LogP contribution in [0.4, 0.5) is 0 Å². The van der Waals surface area contributed by atoms with Gasteiger partial charge in [-0.1, -0.05) is 0 Å². The van der Waals surface area contributed by atoms with Crippen molar-refractivity contribution in [3.8, 4) is 0 Å². The smallest absolute Gasteiger partial charge is 0.790 e. The zero-order valence-electron chi connectivity index (χ0n) is 9.25. The summed E-state index contributed by atoms with van der Waals surface area (Å²) in [7, 11) is -5.14. The average molecular weight is 328 g/mol. The van der Waals surface area contributed by atoms with E-state index in [4.69, 9.17) is 39.7 Å². The van der Waals surface area contributed by atoms with Gasteiger partial charge >= 0.3 is 55.6 Å². The molecule has 5 N–H and O–H groups in total. The van der Waals surface area contributed by atoms with Gasteiger partial charge in [-0.25, -0.2) is 4.79 Å². The molecule has 0 aliphatic carbocycles. The first-order valence-corrected chi connectivity index (χ1v) is 5.41. The summed E-state index contributed by atoms with van der Waals surface area (Å²) in [6, 6.07) is 0. The largest absolute Gasteiger partial charge is 2.00 e. The molecule has 0 bridgehead atoms. The molecule has 0 aliphatic rings. The molecule has 0 aromatic rings. The van der Waals surface area contributed by atoms with Crippen LogP contribution in [0.2, 0.25) is 0 Å². The van der Waals surface area contributed by atoms with Crippen molar-refractivity contribution in [2.45, 2.75) is 18.4 Å². The molecule has 13 heteroatoms. The van der Waals surface area contributed by atoms with Gasteiger partial charge in [-0.05, 0) is 0 Å². The zero-order chi connectivity index (χ0) is 15.1. The molecule has 0 saturated heterocycles. The van der Waals surface area contributed by atoms with E-state index < -0.39 is 44.2 Å². The minimum atomic E-state index is -5.14. The second-order valence-corrected chi connectivity index (χ2v) is 3.88. The van der Waals surface area contributed by atoms with E-state index in [0.717, 1.165) is 0 Å². The molecule has 0 rings (SSSR count). The number of hydrogen-bond acceptors (Lipinski definition) is 7. The normalized spacial score (nSPS) is 10.5. The van der Waals surface area contributed by atoms with Gasteiger partial charge in [0.2, 0.25) is 0 Å². The summed E-state index contributed by atoms with van der Waals surface area (Å²) in [6.07, 6.45) is -2.29. The van der Waals surface area contributed by atoms with Crippen LogP contribution < -0.4 is 9.79 Å². The van der Waals surface area contributed by atoms with Gasteiger partial charge in [-0.15, -0.1) is 0 Å². The Labute approximate surface area is 135 Å². The summed E-state index contributed by atoms with van der Waals surface area (Å²) in [5.41, 5.74) is -2.74. The molecule has 11 nitrogen and oxygen atoms in total. The van der Waals surface area contributed by atoms with Crippen LogP contribution in [0.1, 0.15) is 12.8 Å². The van der Waals surface area contributed by atoms with Gasteiger partial charge in [0, 0.05) is 0 Å². The van der Waals surface area contributed by atoms with E-state index in [1.54, 1.807) is 0 Å². The molecule has 0 atom stereocenters. The van der Waals surface area contributed by atoms with Crippen molar-refractivity contribution in [2.75, 3.05) is 0 Å². The van der Waals surface area contributed by atoms with Gasteiger partial charge in [-0.2, -0.15) is 0 Å². The number of aliphatic hydroxyl groups is 1. The molecule has 19 heavy (non-hydrogen) atoms. The Bertz CT molecular complexity index is 349. The second-order valence-electron chi connectivity index (χ2n) is 2.95. The Kier molecular flexibility index (Phi) is 12.0. The third kappa shape index (κ3) is 17.7. The molecule has 0 saturated carbocycles. The number of carbonyl (C=O) groups is 3. The van der Waals surface area contributed by atoms with Crippen LogP contribution in [0.3, 0.4) is 0 Å². The first-order valence-electron chi connectivity index (χ1n) is 3.92. The van der Waals surface area contributed by atoms with E-state index in [1.807, 2.05) is 0 Å². The molecule has 0 heterocycles. The topological polar surface area (TPSA) is 216 Å².